The Bertz CT molecular complexity index is 606. The lowest BCUT2D eigenvalue weighted by molar-refractivity contribution is 0.882. The molecule has 3 aromatic heterocycles. The topological polar surface area (TPSA) is 44.5 Å². The van der Waals surface area contributed by atoms with Gasteiger partial charge in [0.1, 0.15) is 0 Å². The Labute approximate surface area is 127 Å². The molecule has 0 aromatic carbocycles. The SMILES string of the molecule is Brc1cncc(Br)c1C(c1ccc[nH]1)c1ccc[nH]1. The van der Waals surface area contributed by atoms with E-state index in [4.69, 9.17) is 0 Å². The second-order valence-electron chi connectivity index (χ2n) is 4.20. The molecule has 3 aromatic rings. The Morgan fingerprint density at radius 3 is 1.84 bits per heavy atom. The molecule has 0 amide bonds. The van der Waals surface area contributed by atoms with Crippen LogP contribution in [-0.4, -0.2) is 15.0 Å². The Hall–Kier alpha value is -1.33. The van der Waals surface area contributed by atoms with Crippen molar-refractivity contribution in [2.75, 3.05) is 0 Å². The summed E-state index contributed by atoms with van der Waals surface area (Å²) in [6, 6.07) is 8.19. The molecule has 0 saturated heterocycles. The first kappa shape index (κ1) is 12.7. The van der Waals surface area contributed by atoms with E-state index in [1.165, 1.54) is 0 Å². The van der Waals surface area contributed by atoms with Crippen LogP contribution in [0.1, 0.15) is 22.9 Å². The molecule has 0 aliphatic heterocycles. The van der Waals surface area contributed by atoms with Crippen LogP contribution in [-0.2, 0) is 0 Å². The highest BCUT2D eigenvalue weighted by Crippen LogP contribution is 2.38. The second kappa shape index (κ2) is 5.35. The van der Waals surface area contributed by atoms with Gasteiger partial charge in [-0.3, -0.25) is 4.98 Å². The molecular formula is C14H11Br2N3. The van der Waals surface area contributed by atoms with Crippen LogP contribution in [0.3, 0.4) is 0 Å². The van der Waals surface area contributed by atoms with Crippen LogP contribution >= 0.6 is 31.9 Å². The number of aromatic nitrogens is 3. The van der Waals surface area contributed by atoms with Crippen molar-refractivity contribution in [3.63, 3.8) is 0 Å². The standard InChI is InChI=1S/C14H11Br2N3/c15-9-7-17-8-10(16)13(9)14(11-3-1-5-18-11)12-4-2-6-19-12/h1-8,14,18-19H. The number of H-pyrrole nitrogens is 2. The molecule has 0 aliphatic rings. The lowest BCUT2D eigenvalue weighted by Gasteiger charge is -2.18. The molecule has 0 aliphatic carbocycles. The first-order chi connectivity index (χ1) is 9.27. The number of halogens is 2. The van der Waals surface area contributed by atoms with Crippen molar-refractivity contribution in [3.05, 3.63) is 74.9 Å². The van der Waals surface area contributed by atoms with Gasteiger partial charge in [0.15, 0.2) is 0 Å². The van der Waals surface area contributed by atoms with Crippen LogP contribution in [0, 0.1) is 0 Å². The van der Waals surface area contributed by atoms with Gasteiger partial charge in [-0.15, -0.1) is 0 Å². The van der Waals surface area contributed by atoms with Crippen LogP contribution in [0.25, 0.3) is 0 Å². The van der Waals surface area contributed by atoms with Gasteiger partial charge in [-0.1, -0.05) is 0 Å². The second-order valence-corrected chi connectivity index (χ2v) is 5.91. The number of hydrogen-bond donors (Lipinski definition) is 2. The van der Waals surface area contributed by atoms with Gasteiger partial charge in [-0.25, -0.2) is 0 Å². The predicted molar refractivity (Wildman–Crippen MR) is 82.2 cm³/mol. The summed E-state index contributed by atoms with van der Waals surface area (Å²) in [7, 11) is 0. The quantitative estimate of drug-likeness (QED) is 0.692. The first-order valence-electron chi connectivity index (χ1n) is 5.83. The van der Waals surface area contributed by atoms with Crippen LogP contribution < -0.4 is 0 Å². The van der Waals surface area contributed by atoms with Crippen LogP contribution in [0.15, 0.2) is 58.0 Å². The molecule has 0 spiro atoms. The number of nitrogens with one attached hydrogen (secondary N) is 2. The van der Waals surface area contributed by atoms with Crippen molar-refractivity contribution in [3.8, 4) is 0 Å². The van der Waals surface area contributed by atoms with Gasteiger partial charge in [0.05, 0.1) is 5.92 Å². The van der Waals surface area contributed by atoms with E-state index in [9.17, 15) is 0 Å². The van der Waals surface area contributed by atoms with Crippen LogP contribution in [0.2, 0.25) is 0 Å². The maximum Gasteiger partial charge on any atom is 0.0664 e. The lowest BCUT2D eigenvalue weighted by Crippen LogP contribution is -2.06. The molecule has 0 atom stereocenters. The summed E-state index contributed by atoms with van der Waals surface area (Å²) in [6.45, 7) is 0. The summed E-state index contributed by atoms with van der Waals surface area (Å²) in [4.78, 5) is 10.8. The van der Waals surface area contributed by atoms with Crippen molar-refractivity contribution >= 4 is 31.9 Å². The summed E-state index contributed by atoms with van der Waals surface area (Å²) in [6.07, 6.45) is 7.51. The summed E-state index contributed by atoms with van der Waals surface area (Å²) >= 11 is 7.20. The fourth-order valence-corrected chi connectivity index (χ4v) is 3.61. The molecule has 0 unspecified atom stereocenters. The average Bonchev–Trinajstić information content (AvgIpc) is 3.07. The molecule has 19 heavy (non-hydrogen) atoms. The van der Waals surface area contributed by atoms with E-state index in [1.807, 2.05) is 36.9 Å². The minimum Gasteiger partial charge on any atom is -0.364 e. The van der Waals surface area contributed by atoms with Crippen molar-refractivity contribution in [1.29, 1.82) is 0 Å². The van der Waals surface area contributed by atoms with Crippen LogP contribution in [0.4, 0.5) is 0 Å². The maximum absolute atomic E-state index is 4.18. The average molecular weight is 381 g/mol. The van der Waals surface area contributed by atoms with Gasteiger partial charge in [-0.2, -0.15) is 0 Å². The zero-order chi connectivity index (χ0) is 13.2. The van der Waals surface area contributed by atoms with E-state index >= 15 is 0 Å². The van der Waals surface area contributed by atoms with Crippen LogP contribution in [0.5, 0.6) is 0 Å². The molecule has 3 heterocycles. The van der Waals surface area contributed by atoms with Crippen molar-refractivity contribution in [2.45, 2.75) is 5.92 Å². The Morgan fingerprint density at radius 2 is 1.42 bits per heavy atom. The molecule has 0 bridgehead atoms. The largest absolute Gasteiger partial charge is 0.364 e. The molecule has 0 saturated carbocycles. The van der Waals surface area contributed by atoms with E-state index in [1.54, 1.807) is 0 Å². The highest BCUT2D eigenvalue weighted by Gasteiger charge is 2.23. The number of pyridine rings is 1. The van der Waals surface area contributed by atoms with Crippen molar-refractivity contribution < 1.29 is 0 Å². The molecule has 96 valence electrons. The van der Waals surface area contributed by atoms with Gasteiger partial charge in [0.2, 0.25) is 0 Å². The van der Waals surface area contributed by atoms with E-state index in [2.05, 4.69) is 58.9 Å². The van der Waals surface area contributed by atoms with E-state index < -0.39 is 0 Å². The lowest BCUT2D eigenvalue weighted by atomic mass is 9.93. The summed E-state index contributed by atoms with van der Waals surface area (Å²) in [5, 5.41) is 0. The van der Waals surface area contributed by atoms with Gasteiger partial charge in [0, 0.05) is 45.1 Å². The van der Waals surface area contributed by atoms with E-state index in [0.717, 1.165) is 25.9 Å². The molecule has 2 N–H and O–H groups in total. The monoisotopic (exact) mass is 379 g/mol. The molecular weight excluding hydrogens is 370 g/mol. The maximum atomic E-state index is 4.18. The predicted octanol–water partition coefficient (Wildman–Crippen LogP) is 4.44. The highest BCUT2D eigenvalue weighted by atomic mass is 79.9. The van der Waals surface area contributed by atoms with E-state index in [0.29, 0.717) is 0 Å². The van der Waals surface area contributed by atoms with E-state index in [-0.39, 0.29) is 5.92 Å². The Kier molecular flexibility index (Phi) is 3.57. The fourth-order valence-electron chi connectivity index (χ4n) is 2.22. The normalized spacial score (nSPS) is 11.1. The Morgan fingerprint density at radius 1 is 0.895 bits per heavy atom. The van der Waals surface area contributed by atoms with Gasteiger partial charge in [-0.05, 0) is 61.7 Å². The van der Waals surface area contributed by atoms with Gasteiger partial charge < -0.3 is 9.97 Å². The van der Waals surface area contributed by atoms with Crippen molar-refractivity contribution in [2.24, 2.45) is 0 Å². The minimum absolute atomic E-state index is 0.108. The number of nitrogens with zero attached hydrogens (tertiary/aromatic N) is 1. The molecule has 0 fully saturated rings. The third-order valence-electron chi connectivity index (χ3n) is 3.05. The molecule has 3 nitrogen and oxygen atoms in total. The zero-order valence-corrected chi connectivity index (χ0v) is 13.1. The van der Waals surface area contributed by atoms with Crippen molar-refractivity contribution in [1.82, 2.24) is 15.0 Å². The third kappa shape index (κ3) is 2.40. The smallest absolute Gasteiger partial charge is 0.0664 e. The zero-order valence-electron chi connectivity index (χ0n) is 9.90. The van der Waals surface area contributed by atoms with Gasteiger partial charge in [0.25, 0.3) is 0 Å². The summed E-state index contributed by atoms with van der Waals surface area (Å²) in [5.41, 5.74) is 3.42. The minimum atomic E-state index is 0.108. The van der Waals surface area contributed by atoms with Gasteiger partial charge >= 0.3 is 0 Å². The summed E-state index contributed by atoms with van der Waals surface area (Å²) in [5.74, 6) is 0.108. The molecule has 3 rings (SSSR count). The first-order valence-corrected chi connectivity index (χ1v) is 7.41. The molecule has 5 heteroatoms. The fraction of sp³-hybridized carbons (Fsp3) is 0.0714. The molecule has 0 radical (unpaired) electrons. The number of rotatable bonds is 3. The Balaban J connectivity index is 2.21. The summed E-state index contributed by atoms with van der Waals surface area (Å²) < 4.78 is 1.96. The number of hydrogen-bond acceptors (Lipinski definition) is 1. The third-order valence-corrected chi connectivity index (χ3v) is 4.31. The number of aromatic amines is 2. The highest BCUT2D eigenvalue weighted by molar-refractivity contribution is 9.11.